The van der Waals surface area contributed by atoms with Gasteiger partial charge in [-0.1, -0.05) is 13.8 Å². The van der Waals surface area contributed by atoms with Crippen molar-refractivity contribution >= 4 is 0 Å². The van der Waals surface area contributed by atoms with Crippen LogP contribution < -0.4 is 15.2 Å². The lowest BCUT2D eigenvalue weighted by atomic mass is 9.97. The highest BCUT2D eigenvalue weighted by Gasteiger charge is 2.21. The average Bonchev–Trinajstić information content (AvgIpc) is 2.44. The number of nitrogens with zero attached hydrogens (tertiary/aromatic N) is 1. The largest absolute Gasteiger partial charge is 0.493 e. The Morgan fingerprint density at radius 3 is 2.33 bits per heavy atom. The van der Waals surface area contributed by atoms with Crippen LogP contribution >= 0.6 is 0 Å². The van der Waals surface area contributed by atoms with E-state index in [0.717, 1.165) is 44.0 Å². The third-order valence-corrected chi connectivity index (χ3v) is 4.06. The van der Waals surface area contributed by atoms with Crippen LogP contribution in [0.1, 0.15) is 31.4 Å². The topological polar surface area (TPSA) is 47.7 Å². The van der Waals surface area contributed by atoms with Crippen molar-refractivity contribution in [1.82, 2.24) is 4.90 Å². The molecule has 118 valence electrons. The molecule has 1 aliphatic rings. The predicted molar refractivity (Wildman–Crippen MR) is 86.0 cm³/mol. The van der Waals surface area contributed by atoms with E-state index >= 15 is 0 Å². The highest BCUT2D eigenvalue weighted by atomic mass is 16.5. The van der Waals surface area contributed by atoms with Gasteiger partial charge in [0.1, 0.15) is 0 Å². The Bertz CT molecular complexity index is 474. The van der Waals surface area contributed by atoms with Crippen LogP contribution in [0.15, 0.2) is 12.1 Å². The Balaban J connectivity index is 2.06. The van der Waals surface area contributed by atoms with Gasteiger partial charge < -0.3 is 15.2 Å². The van der Waals surface area contributed by atoms with Gasteiger partial charge in [-0.15, -0.1) is 0 Å². The van der Waals surface area contributed by atoms with Gasteiger partial charge in [0.2, 0.25) is 0 Å². The van der Waals surface area contributed by atoms with Crippen molar-refractivity contribution in [2.75, 3.05) is 27.3 Å². The summed E-state index contributed by atoms with van der Waals surface area (Å²) in [5.74, 6) is 2.28. The van der Waals surface area contributed by atoms with Crippen LogP contribution in [0.3, 0.4) is 0 Å². The van der Waals surface area contributed by atoms with Crippen molar-refractivity contribution < 1.29 is 9.47 Å². The van der Waals surface area contributed by atoms with Crippen LogP contribution in [0.25, 0.3) is 0 Å². The summed E-state index contributed by atoms with van der Waals surface area (Å²) < 4.78 is 10.8. The highest BCUT2D eigenvalue weighted by Crippen LogP contribution is 2.33. The number of ether oxygens (including phenoxy) is 2. The summed E-state index contributed by atoms with van der Waals surface area (Å²) in [6.07, 6.45) is 2.12. The molecule has 1 heterocycles. The number of methoxy groups -OCH3 is 2. The minimum atomic E-state index is 0.256. The zero-order valence-electron chi connectivity index (χ0n) is 13.7. The maximum atomic E-state index is 6.24. The average molecular weight is 292 g/mol. The standard InChI is InChI=1S/C17H28N2O2/c1-12(2)7-15(18)11-19-6-5-13-8-16(20-3)17(21-4)9-14(13)10-19/h8-9,12,15H,5-7,10-11,18H2,1-4H3/t15-/m0/s1. The maximum absolute atomic E-state index is 6.24. The molecule has 1 aromatic rings. The summed E-state index contributed by atoms with van der Waals surface area (Å²) in [6, 6.07) is 4.47. The Kier molecular flexibility index (Phi) is 5.48. The molecule has 2 rings (SSSR count). The van der Waals surface area contributed by atoms with E-state index in [9.17, 15) is 0 Å². The van der Waals surface area contributed by atoms with Crippen LogP contribution in [0.5, 0.6) is 11.5 Å². The molecule has 0 saturated heterocycles. The molecule has 0 radical (unpaired) electrons. The predicted octanol–water partition coefficient (Wildman–Crippen LogP) is 2.44. The molecule has 1 aromatic carbocycles. The normalized spacial score (nSPS) is 16.7. The molecule has 0 aliphatic carbocycles. The molecule has 0 saturated carbocycles. The summed E-state index contributed by atoms with van der Waals surface area (Å²) in [4.78, 5) is 2.45. The van der Waals surface area contributed by atoms with Crippen molar-refractivity contribution in [3.63, 3.8) is 0 Å². The number of nitrogens with two attached hydrogens (primary N) is 1. The Labute approximate surface area is 128 Å². The SMILES string of the molecule is COc1cc2c(cc1OC)CN(C[C@@H](N)CC(C)C)CC2. The maximum Gasteiger partial charge on any atom is 0.161 e. The summed E-state index contributed by atoms with van der Waals surface area (Å²) in [5.41, 5.74) is 8.93. The van der Waals surface area contributed by atoms with Gasteiger partial charge in [0, 0.05) is 25.7 Å². The molecule has 0 spiro atoms. The number of fused-ring (bicyclic) bond motifs is 1. The quantitative estimate of drug-likeness (QED) is 0.875. The van der Waals surface area contributed by atoms with Crippen LogP contribution in [-0.4, -0.2) is 38.3 Å². The fourth-order valence-electron chi connectivity index (χ4n) is 3.11. The third-order valence-electron chi connectivity index (χ3n) is 4.06. The van der Waals surface area contributed by atoms with E-state index in [4.69, 9.17) is 15.2 Å². The van der Waals surface area contributed by atoms with E-state index in [-0.39, 0.29) is 6.04 Å². The zero-order valence-corrected chi connectivity index (χ0v) is 13.7. The van der Waals surface area contributed by atoms with Gasteiger partial charge in [-0.2, -0.15) is 0 Å². The first-order valence-electron chi connectivity index (χ1n) is 7.75. The highest BCUT2D eigenvalue weighted by molar-refractivity contribution is 5.48. The van der Waals surface area contributed by atoms with Gasteiger partial charge in [0.15, 0.2) is 11.5 Å². The second-order valence-electron chi connectivity index (χ2n) is 6.35. The third kappa shape index (κ3) is 4.11. The lowest BCUT2D eigenvalue weighted by Crippen LogP contribution is -2.40. The molecular weight excluding hydrogens is 264 g/mol. The summed E-state index contributed by atoms with van der Waals surface area (Å²) in [6.45, 7) is 7.42. The smallest absolute Gasteiger partial charge is 0.161 e. The van der Waals surface area contributed by atoms with E-state index in [1.54, 1.807) is 14.2 Å². The van der Waals surface area contributed by atoms with E-state index in [2.05, 4.69) is 30.9 Å². The molecule has 0 unspecified atom stereocenters. The van der Waals surface area contributed by atoms with Crippen LogP contribution in [0.2, 0.25) is 0 Å². The van der Waals surface area contributed by atoms with Crippen molar-refractivity contribution in [1.29, 1.82) is 0 Å². The van der Waals surface area contributed by atoms with E-state index in [1.807, 2.05) is 0 Å². The molecule has 0 aromatic heterocycles. The lowest BCUT2D eigenvalue weighted by Gasteiger charge is -2.31. The Hall–Kier alpha value is -1.26. The first-order chi connectivity index (χ1) is 10.0. The number of rotatable bonds is 6. The van der Waals surface area contributed by atoms with Gasteiger partial charge in [0.05, 0.1) is 14.2 Å². The van der Waals surface area contributed by atoms with Crippen molar-refractivity contribution in [3.8, 4) is 11.5 Å². The number of hydrogen-bond donors (Lipinski definition) is 1. The zero-order chi connectivity index (χ0) is 15.4. The summed E-state index contributed by atoms with van der Waals surface area (Å²) in [5, 5.41) is 0. The first-order valence-corrected chi connectivity index (χ1v) is 7.75. The number of hydrogen-bond acceptors (Lipinski definition) is 4. The fraction of sp³-hybridized carbons (Fsp3) is 0.647. The van der Waals surface area contributed by atoms with Crippen molar-refractivity contribution in [3.05, 3.63) is 23.3 Å². The molecule has 4 nitrogen and oxygen atoms in total. The Morgan fingerprint density at radius 1 is 1.14 bits per heavy atom. The molecular formula is C17H28N2O2. The minimum Gasteiger partial charge on any atom is -0.493 e. The summed E-state index contributed by atoms with van der Waals surface area (Å²) in [7, 11) is 3.37. The number of benzene rings is 1. The lowest BCUT2D eigenvalue weighted by molar-refractivity contribution is 0.228. The molecule has 0 fully saturated rings. The van der Waals surface area contributed by atoms with Crippen LogP contribution in [0, 0.1) is 5.92 Å². The van der Waals surface area contributed by atoms with Gasteiger partial charge in [-0.05, 0) is 42.0 Å². The van der Waals surface area contributed by atoms with Crippen LogP contribution in [-0.2, 0) is 13.0 Å². The molecule has 0 bridgehead atoms. The first kappa shape index (κ1) is 16.1. The van der Waals surface area contributed by atoms with E-state index in [1.165, 1.54) is 11.1 Å². The Morgan fingerprint density at radius 2 is 1.76 bits per heavy atom. The van der Waals surface area contributed by atoms with Gasteiger partial charge in [-0.3, -0.25) is 4.90 Å². The molecule has 1 atom stereocenters. The van der Waals surface area contributed by atoms with Crippen molar-refractivity contribution in [2.24, 2.45) is 11.7 Å². The minimum absolute atomic E-state index is 0.256. The van der Waals surface area contributed by atoms with E-state index in [0.29, 0.717) is 5.92 Å². The van der Waals surface area contributed by atoms with Gasteiger partial charge >= 0.3 is 0 Å². The molecule has 0 amide bonds. The monoisotopic (exact) mass is 292 g/mol. The van der Waals surface area contributed by atoms with Gasteiger partial charge in [-0.25, -0.2) is 0 Å². The summed E-state index contributed by atoms with van der Waals surface area (Å²) >= 11 is 0. The van der Waals surface area contributed by atoms with E-state index < -0.39 is 0 Å². The molecule has 2 N–H and O–H groups in total. The molecule has 4 heteroatoms. The van der Waals surface area contributed by atoms with Crippen molar-refractivity contribution in [2.45, 2.75) is 39.3 Å². The van der Waals surface area contributed by atoms with Gasteiger partial charge in [0.25, 0.3) is 0 Å². The second kappa shape index (κ2) is 7.14. The fourth-order valence-corrected chi connectivity index (χ4v) is 3.11. The molecule has 21 heavy (non-hydrogen) atoms. The van der Waals surface area contributed by atoms with Crippen LogP contribution in [0.4, 0.5) is 0 Å². The molecule has 1 aliphatic heterocycles. The second-order valence-corrected chi connectivity index (χ2v) is 6.35.